The molecule has 9 heteroatoms. The molecule has 1 saturated heterocycles. The smallest absolute Gasteiger partial charge is 0.243 e. The van der Waals surface area contributed by atoms with E-state index in [-0.39, 0.29) is 23.1 Å². The lowest BCUT2D eigenvalue weighted by molar-refractivity contribution is -0.120. The molecule has 172 valence electrons. The fourth-order valence-corrected chi connectivity index (χ4v) is 5.44. The number of rotatable bonds is 7. The fraction of sp³-hybridized carbons (Fsp3) is 0.391. The third-order valence-corrected chi connectivity index (χ3v) is 7.51. The van der Waals surface area contributed by atoms with E-state index in [4.69, 9.17) is 11.6 Å². The van der Waals surface area contributed by atoms with Gasteiger partial charge in [0.2, 0.25) is 21.8 Å². The summed E-state index contributed by atoms with van der Waals surface area (Å²) in [5.74, 6) is -0.605. The number of carbonyl (C=O) groups excluding carboxylic acids is 2. The molecule has 1 fully saturated rings. The summed E-state index contributed by atoms with van der Waals surface area (Å²) >= 11 is 5.93. The number of nitrogens with one attached hydrogen (secondary N) is 2. The van der Waals surface area contributed by atoms with Gasteiger partial charge in [0.1, 0.15) is 0 Å². The molecular weight excluding hydrogens is 450 g/mol. The summed E-state index contributed by atoms with van der Waals surface area (Å²) in [4.78, 5) is 24.5. The quantitative estimate of drug-likeness (QED) is 0.627. The van der Waals surface area contributed by atoms with Crippen LogP contribution in [0.2, 0.25) is 5.02 Å². The minimum atomic E-state index is -3.62. The number of sulfonamides is 1. The van der Waals surface area contributed by atoms with Crippen molar-refractivity contribution in [1.29, 1.82) is 0 Å². The average molecular weight is 478 g/mol. The Balaban J connectivity index is 1.72. The molecule has 1 aliphatic heterocycles. The second kappa shape index (κ2) is 10.9. The zero-order valence-electron chi connectivity index (χ0n) is 18.0. The maximum Gasteiger partial charge on any atom is 0.243 e. The van der Waals surface area contributed by atoms with Crippen LogP contribution in [0.1, 0.15) is 50.6 Å². The molecule has 1 aliphatic rings. The molecule has 32 heavy (non-hydrogen) atoms. The van der Waals surface area contributed by atoms with Gasteiger partial charge in [0.25, 0.3) is 0 Å². The van der Waals surface area contributed by atoms with E-state index in [0.29, 0.717) is 23.8 Å². The van der Waals surface area contributed by atoms with E-state index in [2.05, 4.69) is 10.6 Å². The highest BCUT2D eigenvalue weighted by Crippen LogP contribution is 2.24. The SMILES string of the molecule is CC(=O)NC(CC(=O)Nc1cccc(S(=O)(=O)N2CCCCCC2)c1)c1ccc(Cl)cc1. The van der Waals surface area contributed by atoms with Crippen LogP contribution in [-0.4, -0.2) is 37.6 Å². The van der Waals surface area contributed by atoms with Crippen molar-refractivity contribution in [3.05, 3.63) is 59.1 Å². The first-order valence-corrected chi connectivity index (χ1v) is 12.5. The van der Waals surface area contributed by atoms with Gasteiger partial charge in [-0.3, -0.25) is 9.59 Å². The lowest BCUT2D eigenvalue weighted by Gasteiger charge is -2.21. The van der Waals surface area contributed by atoms with E-state index < -0.39 is 16.1 Å². The number of hydrogen-bond acceptors (Lipinski definition) is 4. The van der Waals surface area contributed by atoms with E-state index in [1.807, 2.05) is 0 Å². The van der Waals surface area contributed by atoms with Crippen molar-refractivity contribution in [2.24, 2.45) is 0 Å². The highest BCUT2D eigenvalue weighted by atomic mass is 35.5. The molecule has 1 heterocycles. The largest absolute Gasteiger partial charge is 0.349 e. The van der Waals surface area contributed by atoms with Crippen molar-refractivity contribution in [2.45, 2.75) is 50.0 Å². The maximum absolute atomic E-state index is 13.0. The maximum atomic E-state index is 13.0. The number of amides is 2. The van der Waals surface area contributed by atoms with Gasteiger partial charge >= 0.3 is 0 Å². The van der Waals surface area contributed by atoms with Crippen molar-refractivity contribution in [3.63, 3.8) is 0 Å². The van der Waals surface area contributed by atoms with Crippen molar-refractivity contribution < 1.29 is 18.0 Å². The molecule has 0 spiro atoms. The van der Waals surface area contributed by atoms with Crippen LogP contribution in [-0.2, 0) is 19.6 Å². The fourth-order valence-electron chi connectivity index (χ4n) is 3.76. The lowest BCUT2D eigenvalue weighted by atomic mass is 10.0. The molecule has 0 bridgehead atoms. The van der Waals surface area contributed by atoms with Crippen molar-refractivity contribution >= 4 is 39.1 Å². The van der Waals surface area contributed by atoms with E-state index in [9.17, 15) is 18.0 Å². The molecule has 0 saturated carbocycles. The molecule has 3 rings (SSSR count). The molecule has 7 nitrogen and oxygen atoms in total. The first-order chi connectivity index (χ1) is 15.3. The summed E-state index contributed by atoms with van der Waals surface area (Å²) in [5, 5.41) is 6.08. The lowest BCUT2D eigenvalue weighted by Crippen LogP contribution is -2.32. The molecule has 2 aromatic carbocycles. The van der Waals surface area contributed by atoms with Gasteiger partial charge in [0.05, 0.1) is 17.4 Å². The summed E-state index contributed by atoms with van der Waals surface area (Å²) in [5.41, 5.74) is 1.14. The Hall–Kier alpha value is -2.42. The Kier molecular flexibility index (Phi) is 8.28. The van der Waals surface area contributed by atoms with E-state index in [0.717, 1.165) is 31.2 Å². The summed E-state index contributed by atoms with van der Waals surface area (Å²) in [6, 6.07) is 12.7. The third-order valence-electron chi connectivity index (χ3n) is 5.36. The van der Waals surface area contributed by atoms with Crippen LogP contribution in [0.3, 0.4) is 0 Å². The highest BCUT2D eigenvalue weighted by Gasteiger charge is 2.25. The van der Waals surface area contributed by atoms with Crippen LogP contribution < -0.4 is 10.6 Å². The molecule has 1 atom stereocenters. The Bertz CT molecular complexity index is 1050. The van der Waals surface area contributed by atoms with Gasteiger partial charge in [-0.2, -0.15) is 4.31 Å². The monoisotopic (exact) mass is 477 g/mol. The van der Waals surface area contributed by atoms with Crippen molar-refractivity contribution in [2.75, 3.05) is 18.4 Å². The highest BCUT2D eigenvalue weighted by molar-refractivity contribution is 7.89. The van der Waals surface area contributed by atoms with E-state index >= 15 is 0 Å². The van der Waals surface area contributed by atoms with Crippen LogP contribution in [0.4, 0.5) is 5.69 Å². The molecule has 2 amide bonds. The van der Waals surface area contributed by atoms with Crippen LogP contribution in [0.5, 0.6) is 0 Å². The van der Waals surface area contributed by atoms with Gasteiger partial charge in [-0.05, 0) is 48.7 Å². The summed E-state index contributed by atoms with van der Waals surface area (Å²) in [6.07, 6.45) is 3.76. The zero-order chi connectivity index (χ0) is 23.1. The summed E-state index contributed by atoms with van der Waals surface area (Å²) in [6.45, 7) is 2.41. The van der Waals surface area contributed by atoms with Crippen LogP contribution >= 0.6 is 11.6 Å². The Morgan fingerprint density at radius 3 is 2.31 bits per heavy atom. The summed E-state index contributed by atoms with van der Waals surface area (Å²) < 4.78 is 27.6. The molecule has 1 unspecified atom stereocenters. The van der Waals surface area contributed by atoms with Crippen LogP contribution in [0, 0.1) is 0 Å². The van der Waals surface area contributed by atoms with Crippen LogP contribution in [0.15, 0.2) is 53.4 Å². The Morgan fingerprint density at radius 2 is 1.69 bits per heavy atom. The molecule has 2 aromatic rings. The van der Waals surface area contributed by atoms with Gasteiger partial charge in [-0.1, -0.05) is 42.6 Å². The second-order valence-electron chi connectivity index (χ2n) is 7.90. The van der Waals surface area contributed by atoms with E-state index in [1.165, 1.54) is 17.3 Å². The zero-order valence-corrected chi connectivity index (χ0v) is 19.6. The third kappa shape index (κ3) is 6.54. The first kappa shape index (κ1) is 24.2. The van der Waals surface area contributed by atoms with Gasteiger partial charge < -0.3 is 10.6 Å². The standard InChI is InChI=1S/C23H28ClN3O4S/c1-17(28)25-22(18-9-11-19(24)12-10-18)16-23(29)26-20-7-6-8-21(15-20)32(30,31)27-13-4-2-3-5-14-27/h6-12,15,22H,2-5,13-14,16H2,1H3,(H,25,28)(H,26,29). The minimum Gasteiger partial charge on any atom is -0.349 e. The molecule has 2 N–H and O–H groups in total. The number of carbonyl (C=O) groups is 2. The average Bonchev–Trinajstić information content (AvgIpc) is 3.04. The predicted molar refractivity (Wildman–Crippen MR) is 125 cm³/mol. The first-order valence-electron chi connectivity index (χ1n) is 10.7. The second-order valence-corrected chi connectivity index (χ2v) is 10.3. The Labute approximate surface area is 194 Å². The van der Waals surface area contributed by atoms with Gasteiger partial charge in [0.15, 0.2) is 0 Å². The van der Waals surface area contributed by atoms with Crippen molar-refractivity contribution in [1.82, 2.24) is 9.62 Å². The number of anilines is 1. The normalized spacial score (nSPS) is 16.1. The van der Waals surface area contributed by atoms with Gasteiger partial charge in [-0.25, -0.2) is 8.42 Å². The topological polar surface area (TPSA) is 95.6 Å². The van der Waals surface area contributed by atoms with Gasteiger partial charge in [-0.15, -0.1) is 0 Å². The summed E-state index contributed by atoms with van der Waals surface area (Å²) in [7, 11) is -3.62. The predicted octanol–water partition coefficient (Wildman–Crippen LogP) is 4.11. The van der Waals surface area contributed by atoms with Crippen molar-refractivity contribution in [3.8, 4) is 0 Å². The number of nitrogens with zero attached hydrogens (tertiary/aromatic N) is 1. The number of benzene rings is 2. The molecule has 0 aliphatic carbocycles. The molecule has 0 radical (unpaired) electrons. The van der Waals surface area contributed by atoms with E-state index in [1.54, 1.807) is 42.5 Å². The Morgan fingerprint density at radius 1 is 1.03 bits per heavy atom. The van der Waals surface area contributed by atoms with Gasteiger partial charge in [0, 0.05) is 30.7 Å². The minimum absolute atomic E-state index is 0.00961. The molecule has 0 aromatic heterocycles. The number of halogens is 1. The number of hydrogen-bond donors (Lipinski definition) is 2. The van der Waals surface area contributed by atoms with Crippen LogP contribution in [0.25, 0.3) is 0 Å². The molecular formula is C23H28ClN3O4S.